The van der Waals surface area contributed by atoms with Crippen molar-refractivity contribution in [3.05, 3.63) is 60.2 Å². The van der Waals surface area contributed by atoms with Crippen LogP contribution in [0.2, 0.25) is 0 Å². The van der Waals surface area contributed by atoms with Crippen molar-refractivity contribution in [2.24, 2.45) is 16.1 Å². The van der Waals surface area contributed by atoms with Gasteiger partial charge < -0.3 is 14.2 Å². The molecule has 0 saturated carbocycles. The number of aliphatic hydroxyl groups excluding tert-OH is 1. The number of hydrogen-bond acceptors (Lipinski definition) is 11. The fourth-order valence-electron chi connectivity index (χ4n) is 3.66. The van der Waals surface area contributed by atoms with E-state index in [0.29, 0.717) is 17.1 Å². The number of hydrazone groups is 2. The molecule has 184 valence electrons. The molecule has 2 aromatic carbocycles. The molecule has 0 saturated heterocycles. The third-order valence-electron chi connectivity index (χ3n) is 5.49. The number of hydrogen-bond donors (Lipinski definition) is 1. The molecule has 0 aliphatic carbocycles. The predicted molar refractivity (Wildman–Crippen MR) is 123 cm³/mol. The van der Waals surface area contributed by atoms with Crippen molar-refractivity contribution < 1.29 is 139 Å². The van der Waals surface area contributed by atoms with Crippen LogP contribution >= 0.6 is 0 Å². The first-order valence-corrected chi connectivity index (χ1v) is 12.9. The third-order valence-corrected chi connectivity index (χ3v) is 7.19. The second kappa shape index (κ2) is 12.6. The summed E-state index contributed by atoms with van der Waals surface area (Å²) in [5.74, 6) is -1.24. The average Bonchev–Trinajstić information content (AvgIpc) is 3.23. The monoisotopic (exact) mass is 596 g/mol. The first kappa shape index (κ1) is 33.1. The number of rotatable bonds is 5. The number of anilines is 2. The fraction of sp³-hybridized carbons (Fsp3) is 0.190. The fourth-order valence-corrected chi connectivity index (χ4v) is 4.60. The van der Waals surface area contributed by atoms with Gasteiger partial charge in [0.05, 0.1) is 38.4 Å². The number of carbonyl (C=O) groups excluding carboxylic acids is 1. The van der Waals surface area contributed by atoms with Gasteiger partial charge in [-0.2, -0.15) is 15.2 Å². The van der Waals surface area contributed by atoms with Crippen LogP contribution in [0.4, 0.5) is 11.4 Å². The molecule has 1 N–H and O–H groups in total. The maximum atomic E-state index is 13.0. The van der Waals surface area contributed by atoms with E-state index in [1.807, 2.05) is 0 Å². The van der Waals surface area contributed by atoms with E-state index in [1.54, 1.807) is 13.8 Å². The maximum absolute atomic E-state index is 13.0. The minimum absolute atomic E-state index is 0. The predicted octanol–water partition coefficient (Wildman–Crippen LogP) is -5.02. The van der Waals surface area contributed by atoms with Crippen molar-refractivity contribution in [3.63, 3.8) is 0 Å². The van der Waals surface area contributed by atoms with E-state index < -0.39 is 48.1 Å². The SMILES string of the molecule is CC1=NN(c2ccc(S(=O)(=O)[O-])cc2)C(=O)C1=CC1C(C)=NN(c2ccc(S(=O)(=O)[O-])cc2)C1O.[K+].[K+]. The summed E-state index contributed by atoms with van der Waals surface area (Å²) in [6, 6.07) is 9.62. The number of carbonyl (C=O) groups is 1. The van der Waals surface area contributed by atoms with Crippen molar-refractivity contribution >= 4 is 48.9 Å². The molecule has 0 bridgehead atoms. The van der Waals surface area contributed by atoms with Gasteiger partial charge in [-0.15, -0.1) is 0 Å². The molecule has 37 heavy (non-hydrogen) atoms. The van der Waals surface area contributed by atoms with Gasteiger partial charge in [-0.1, -0.05) is 6.08 Å². The summed E-state index contributed by atoms with van der Waals surface area (Å²) in [5.41, 5.74) is 1.59. The topological polar surface area (TPSA) is 183 Å². The van der Waals surface area contributed by atoms with Gasteiger partial charge in [-0.25, -0.2) is 21.8 Å². The van der Waals surface area contributed by atoms with Crippen molar-refractivity contribution in [1.29, 1.82) is 0 Å². The molecule has 1 amide bonds. The first-order chi connectivity index (χ1) is 16.3. The summed E-state index contributed by atoms with van der Waals surface area (Å²) in [7, 11) is -9.26. The van der Waals surface area contributed by atoms with Crippen LogP contribution in [-0.2, 0) is 25.0 Å². The standard InChI is InChI=1S/C21H20N4O8S2.2K/c1-12-18(20(26)24(22-12)14-3-7-16(8-4-14)34(28,29)30)11-19-13(2)23-25(21(19)27)15-5-9-17(10-6-15)35(31,32)33;;/h3-11,18,20,26H,1-2H3,(H,28,29,30)(H,31,32,33);;/q;2*+1/p-2. The van der Waals surface area contributed by atoms with Crippen LogP contribution < -0.4 is 113 Å². The third kappa shape index (κ3) is 7.14. The Bertz CT molecular complexity index is 1510. The van der Waals surface area contributed by atoms with Gasteiger partial charge in [0, 0.05) is 5.71 Å². The molecule has 16 heteroatoms. The Labute approximate surface area is 298 Å². The smallest absolute Gasteiger partial charge is 0.744 e. The van der Waals surface area contributed by atoms with Gasteiger partial charge >= 0.3 is 103 Å². The average molecular weight is 597 g/mol. The second-order valence-corrected chi connectivity index (χ2v) is 10.6. The Morgan fingerprint density at radius 3 is 1.76 bits per heavy atom. The van der Waals surface area contributed by atoms with E-state index in [1.165, 1.54) is 35.4 Å². The van der Waals surface area contributed by atoms with E-state index in [2.05, 4.69) is 10.2 Å². The Balaban J connectivity index is 0.00000241. The number of benzene rings is 2. The molecule has 12 nitrogen and oxygen atoms in total. The van der Waals surface area contributed by atoms with Crippen LogP contribution in [-0.4, -0.2) is 54.6 Å². The van der Waals surface area contributed by atoms with E-state index in [4.69, 9.17) is 0 Å². The Morgan fingerprint density at radius 1 is 0.838 bits per heavy atom. The summed E-state index contributed by atoms with van der Waals surface area (Å²) >= 11 is 0. The van der Waals surface area contributed by atoms with Crippen molar-refractivity contribution in [3.8, 4) is 0 Å². The van der Waals surface area contributed by atoms with E-state index >= 15 is 0 Å². The number of nitrogens with zero attached hydrogens (tertiary/aromatic N) is 4. The van der Waals surface area contributed by atoms with E-state index in [9.17, 15) is 35.8 Å². The molecule has 2 heterocycles. The minimum Gasteiger partial charge on any atom is -0.744 e. The normalized spacial score (nSPS) is 20.9. The van der Waals surface area contributed by atoms with Gasteiger partial charge in [0.2, 0.25) is 0 Å². The molecule has 0 fully saturated rings. The van der Waals surface area contributed by atoms with Crippen LogP contribution in [0.3, 0.4) is 0 Å². The molecule has 2 aliphatic rings. The quantitative estimate of drug-likeness (QED) is 0.201. The zero-order chi connectivity index (χ0) is 25.7. The van der Waals surface area contributed by atoms with Gasteiger partial charge in [0.1, 0.15) is 20.2 Å². The Morgan fingerprint density at radius 2 is 1.30 bits per heavy atom. The molecule has 2 aliphatic heterocycles. The first-order valence-electron chi connectivity index (χ1n) is 10.0. The van der Waals surface area contributed by atoms with Gasteiger partial charge in [0.25, 0.3) is 5.91 Å². The zero-order valence-electron chi connectivity index (χ0n) is 20.3. The van der Waals surface area contributed by atoms with Crippen LogP contribution in [0, 0.1) is 5.92 Å². The molecular weight excluding hydrogens is 579 g/mol. The largest absolute Gasteiger partial charge is 1.00 e. The minimum atomic E-state index is -4.64. The molecule has 4 rings (SSSR count). The summed E-state index contributed by atoms with van der Waals surface area (Å²) in [5, 5.41) is 21.6. The molecule has 0 spiro atoms. The molecule has 0 radical (unpaired) electrons. The van der Waals surface area contributed by atoms with Crippen LogP contribution in [0.5, 0.6) is 0 Å². The molecule has 2 atom stereocenters. The number of amides is 1. The Hall–Kier alpha value is -0.157. The van der Waals surface area contributed by atoms with Crippen molar-refractivity contribution in [1.82, 2.24) is 0 Å². The summed E-state index contributed by atoms with van der Waals surface area (Å²) < 4.78 is 66.8. The van der Waals surface area contributed by atoms with E-state index in [0.717, 1.165) is 29.3 Å². The zero-order valence-corrected chi connectivity index (χ0v) is 28.1. The van der Waals surface area contributed by atoms with Crippen molar-refractivity contribution in [2.45, 2.75) is 29.9 Å². The Kier molecular flexibility index (Phi) is 11.2. The van der Waals surface area contributed by atoms with Crippen molar-refractivity contribution in [2.75, 3.05) is 10.0 Å². The number of aliphatic hydroxyl groups is 1. The summed E-state index contributed by atoms with van der Waals surface area (Å²) in [6.07, 6.45) is 0.283. The molecule has 2 aromatic rings. The van der Waals surface area contributed by atoms with Gasteiger partial charge in [0.15, 0.2) is 6.23 Å². The van der Waals surface area contributed by atoms with Crippen LogP contribution in [0.15, 0.2) is 80.2 Å². The van der Waals surface area contributed by atoms with E-state index in [-0.39, 0.29) is 114 Å². The van der Waals surface area contributed by atoms with Gasteiger partial charge in [-0.3, -0.25) is 4.79 Å². The molecular formula is C21H18K2N4O8S2. The molecule has 2 unspecified atom stereocenters. The second-order valence-electron chi connectivity index (χ2n) is 7.80. The summed E-state index contributed by atoms with van der Waals surface area (Å²) in [4.78, 5) is 12.2. The van der Waals surface area contributed by atoms with Crippen LogP contribution in [0.25, 0.3) is 0 Å². The molecule has 0 aromatic heterocycles. The van der Waals surface area contributed by atoms with Crippen LogP contribution in [0.1, 0.15) is 13.8 Å². The van der Waals surface area contributed by atoms with Gasteiger partial charge in [-0.05, 0) is 62.4 Å². The summed E-state index contributed by atoms with van der Waals surface area (Å²) in [6.45, 7) is 3.24. The maximum Gasteiger partial charge on any atom is 1.00 e.